The SMILES string of the molecule is O=C(NC(Cn1cccn1)c1ccccc1)C12CC3CC(C1)CC(n1cncn1)(C3)C2. The van der Waals surface area contributed by atoms with E-state index < -0.39 is 0 Å². The summed E-state index contributed by atoms with van der Waals surface area (Å²) in [5, 5.41) is 12.3. The van der Waals surface area contributed by atoms with E-state index in [1.54, 1.807) is 12.5 Å². The standard InChI is InChI=1S/C24H28N6O/c31-22(28-21(14-29-8-4-7-26-29)20-5-2-1-3-6-20)23-10-18-9-19(11-23)13-24(12-18,15-23)30-17-25-16-27-30/h1-8,16-19,21H,9-15H2,(H,28,31). The smallest absolute Gasteiger partial charge is 0.226 e. The Labute approximate surface area is 181 Å². The second-order valence-electron chi connectivity index (χ2n) is 9.97. The predicted octanol–water partition coefficient (Wildman–Crippen LogP) is 3.33. The average molecular weight is 417 g/mol. The maximum absolute atomic E-state index is 13.9. The second kappa shape index (κ2) is 7.04. The number of benzene rings is 1. The number of nitrogens with zero attached hydrogens (tertiary/aromatic N) is 5. The van der Waals surface area contributed by atoms with Gasteiger partial charge in [0.2, 0.25) is 5.91 Å². The minimum atomic E-state index is -0.312. The Kier molecular flexibility index (Phi) is 4.26. The Balaban J connectivity index is 1.30. The van der Waals surface area contributed by atoms with Crippen molar-refractivity contribution in [3.8, 4) is 0 Å². The van der Waals surface area contributed by atoms with Gasteiger partial charge in [0.1, 0.15) is 12.7 Å². The predicted molar refractivity (Wildman–Crippen MR) is 115 cm³/mol. The van der Waals surface area contributed by atoms with E-state index in [2.05, 4.69) is 37.3 Å². The van der Waals surface area contributed by atoms with E-state index in [0.29, 0.717) is 18.4 Å². The van der Waals surface area contributed by atoms with Crippen molar-refractivity contribution in [2.75, 3.05) is 0 Å². The maximum atomic E-state index is 13.9. The Hall–Kier alpha value is -2.96. The van der Waals surface area contributed by atoms with Crippen molar-refractivity contribution in [3.05, 3.63) is 67.0 Å². The van der Waals surface area contributed by atoms with E-state index in [-0.39, 0.29) is 22.9 Å². The summed E-state index contributed by atoms with van der Waals surface area (Å²) in [5.74, 6) is 1.39. The van der Waals surface area contributed by atoms with Gasteiger partial charge in [-0.05, 0) is 62.0 Å². The molecule has 4 fully saturated rings. The average Bonchev–Trinajstić information content (AvgIpc) is 3.48. The van der Waals surface area contributed by atoms with Crippen molar-refractivity contribution in [2.24, 2.45) is 17.3 Å². The first-order valence-corrected chi connectivity index (χ1v) is 11.3. The number of aromatic nitrogens is 5. The van der Waals surface area contributed by atoms with Gasteiger partial charge in [-0.1, -0.05) is 30.3 Å². The van der Waals surface area contributed by atoms with Crippen LogP contribution in [0.1, 0.15) is 50.1 Å². The van der Waals surface area contributed by atoms with Crippen LogP contribution in [0.4, 0.5) is 0 Å². The molecule has 1 aromatic carbocycles. The van der Waals surface area contributed by atoms with Crippen molar-refractivity contribution < 1.29 is 4.79 Å². The van der Waals surface area contributed by atoms with Gasteiger partial charge in [0, 0.05) is 12.4 Å². The third-order valence-corrected chi connectivity index (χ3v) is 7.85. The number of carbonyl (C=O) groups is 1. The van der Waals surface area contributed by atoms with Gasteiger partial charge in [0.05, 0.1) is 23.5 Å². The summed E-state index contributed by atoms with van der Waals surface area (Å²) in [6, 6.07) is 12.1. The van der Waals surface area contributed by atoms with Gasteiger partial charge in [0.25, 0.3) is 0 Å². The number of rotatable bonds is 6. The summed E-state index contributed by atoms with van der Waals surface area (Å²) < 4.78 is 3.96. The lowest BCUT2D eigenvalue weighted by Crippen LogP contribution is -2.61. The first-order chi connectivity index (χ1) is 15.1. The van der Waals surface area contributed by atoms with Gasteiger partial charge in [-0.25, -0.2) is 9.67 Å². The Bertz CT molecular complexity index is 1030. The Morgan fingerprint density at radius 3 is 2.58 bits per heavy atom. The van der Waals surface area contributed by atoms with E-state index in [0.717, 1.165) is 37.7 Å². The third kappa shape index (κ3) is 3.18. The molecular formula is C24H28N6O. The fourth-order valence-electron chi connectivity index (χ4n) is 7.03. The van der Waals surface area contributed by atoms with E-state index in [1.807, 2.05) is 41.5 Å². The highest BCUT2D eigenvalue weighted by Gasteiger charge is 2.61. The van der Waals surface area contributed by atoms with E-state index in [9.17, 15) is 4.79 Å². The Morgan fingerprint density at radius 2 is 1.90 bits per heavy atom. The number of hydrogen-bond donors (Lipinski definition) is 1. The molecule has 1 N–H and O–H groups in total. The van der Waals surface area contributed by atoms with Gasteiger partial charge in [-0.2, -0.15) is 10.2 Å². The van der Waals surface area contributed by atoms with Crippen LogP contribution in [-0.2, 0) is 16.9 Å². The number of nitrogens with one attached hydrogen (secondary N) is 1. The molecular weight excluding hydrogens is 388 g/mol. The summed E-state index contributed by atoms with van der Waals surface area (Å²) in [7, 11) is 0. The fourth-order valence-corrected chi connectivity index (χ4v) is 7.03. The topological polar surface area (TPSA) is 77.6 Å². The van der Waals surface area contributed by atoms with Crippen LogP contribution in [0, 0.1) is 17.3 Å². The normalized spacial score (nSPS) is 32.1. The molecule has 7 rings (SSSR count). The summed E-state index contributed by atoms with van der Waals surface area (Å²) in [6.07, 6.45) is 13.6. The molecule has 3 unspecified atom stereocenters. The molecule has 4 aliphatic carbocycles. The molecule has 31 heavy (non-hydrogen) atoms. The molecule has 0 aliphatic heterocycles. The van der Waals surface area contributed by atoms with Crippen molar-refractivity contribution >= 4 is 5.91 Å². The van der Waals surface area contributed by atoms with Gasteiger partial charge < -0.3 is 5.32 Å². The first kappa shape index (κ1) is 18.8. The van der Waals surface area contributed by atoms with Crippen LogP contribution in [-0.4, -0.2) is 30.5 Å². The molecule has 4 saturated carbocycles. The Morgan fingerprint density at radius 1 is 1.10 bits per heavy atom. The summed E-state index contributed by atoms with van der Waals surface area (Å²) in [6.45, 7) is 0.625. The monoisotopic (exact) mass is 416 g/mol. The quantitative estimate of drug-likeness (QED) is 0.669. The molecule has 3 aromatic rings. The highest BCUT2D eigenvalue weighted by Crippen LogP contribution is 2.64. The molecule has 0 radical (unpaired) electrons. The molecule has 4 aliphatic rings. The highest BCUT2D eigenvalue weighted by molar-refractivity contribution is 5.83. The number of hydrogen-bond acceptors (Lipinski definition) is 4. The summed E-state index contributed by atoms with van der Waals surface area (Å²) in [5.41, 5.74) is 0.747. The molecule has 7 nitrogen and oxygen atoms in total. The first-order valence-electron chi connectivity index (χ1n) is 11.3. The lowest BCUT2D eigenvalue weighted by atomic mass is 9.46. The molecule has 2 aromatic heterocycles. The lowest BCUT2D eigenvalue weighted by molar-refractivity contribution is -0.157. The molecule has 0 saturated heterocycles. The lowest BCUT2D eigenvalue weighted by Gasteiger charge is -2.61. The molecule has 2 heterocycles. The van der Waals surface area contributed by atoms with Gasteiger partial charge in [-0.15, -0.1) is 0 Å². The van der Waals surface area contributed by atoms with Crippen LogP contribution in [0.25, 0.3) is 0 Å². The summed E-state index contributed by atoms with van der Waals surface area (Å²) in [4.78, 5) is 18.2. The zero-order chi connectivity index (χ0) is 20.9. The third-order valence-electron chi connectivity index (χ3n) is 7.85. The second-order valence-corrected chi connectivity index (χ2v) is 9.97. The summed E-state index contributed by atoms with van der Waals surface area (Å²) >= 11 is 0. The van der Waals surface area contributed by atoms with Crippen molar-refractivity contribution in [2.45, 2.75) is 56.7 Å². The number of amides is 1. The molecule has 0 spiro atoms. The fraction of sp³-hybridized carbons (Fsp3) is 0.500. The molecule has 3 atom stereocenters. The zero-order valence-electron chi connectivity index (χ0n) is 17.6. The highest BCUT2D eigenvalue weighted by atomic mass is 16.2. The van der Waals surface area contributed by atoms with Crippen LogP contribution >= 0.6 is 0 Å². The minimum Gasteiger partial charge on any atom is -0.347 e. The van der Waals surface area contributed by atoms with Crippen LogP contribution in [0.15, 0.2) is 61.4 Å². The van der Waals surface area contributed by atoms with Crippen LogP contribution in [0.3, 0.4) is 0 Å². The molecule has 4 bridgehead atoms. The van der Waals surface area contributed by atoms with Crippen LogP contribution in [0.5, 0.6) is 0 Å². The van der Waals surface area contributed by atoms with Crippen molar-refractivity contribution in [3.63, 3.8) is 0 Å². The molecule has 160 valence electrons. The van der Waals surface area contributed by atoms with Gasteiger partial charge >= 0.3 is 0 Å². The van der Waals surface area contributed by atoms with E-state index in [4.69, 9.17) is 0 Å². The van der Waals surface area contributed by atoms with Crippen LogP contribution < -0.4 is 5.32 Å². The zero-order valence-corrected chi connectivity index (χ0v) is 17.6. The largest absolute Gasteiger partial charge is 0.347 e. The van der Waals surface area contributed by atoms with E-state index in [1.165, 1.54) is 6.42 Å². The van der Waals surface area contributed by atoms with Crippen LogP contribution in [0.2, 0.25) is 0 Å². The van der Waals surface area contributed by atoms with Crippen molar-refractivity contribution in [1.29, 1.82) is 0 Å². The number of carbonyl (C=O) groups excluding carboxylic acids is 1. The maximum Gasteiger partial charge on any atom is 0.226 e. The van der Waals surface area contributed by atoms with E-state index >= 15 is 0 Å². The minimum absolute atomic E-state index is 0.0534. The van der Waals surface area contributed by atoms with Crippen molar-refractivity contribution in [1.82, 2.24) is 29.9 Å². The molecule has 7 heteroatoms. The van der Waals surface area contributed by atoms with Gasteiger partial charge in [-0.3, -0.25) is 9.48 Å². The van der Waals surface area contributed by atoms with Gasteiger partial charge in [0.15, 0.2) is 0 Å². The molecule has 1 amide bonds.